The third-order valence-electron chi connectivity index (χ3n) is 3.08. The lowest BCUT2D eigenvalue weighted by atomic mass is 9.86. The molecule has 8 heteroatoms. The molecule has 2 atom stereocenters. The van der Waals surface area contributed by atoms with E-state index in [1.165, 1.54) is 14.0 Å². The predicted molar refractivity (Wildman–Crippen MR) is 63.3 cm³/mol. The van der Waals surface area contributed by atoms with Crippen LogP contribution >= 0.6 is 0 Å². The lowest BCUT2D eigenvalue weighted by Crippen LogP contribution is -2.54. The summed E-state index contributed by atoms with van der Waals surface area (Å²) in [5.41, 5.74) is 0. The van der Waals surface area contributed by atoms with Gasteiger partial charge in [-0.05, 0) is 25.3 Å². The molecular weight excluding hydrogens is 288 g/mol. The van der Waals surface area contributed by atoms with Crippen LogP contribution in [0, 0.1) is 11.8 Å². The van der Waals surface area contributed by atoms with Crippen LogP contribution in [0.2, 0.25) is 0 Å². The highest BCUT2D eigenvalue weighted by Gasteiger charge is 2.60. The highest BCUT2D eigenvalue weighted by molar-refractivity contribution is 4.90. The molecule has 0 saturated carbocycles. The number of nitrogens with one attached hydrogen (secondary N) is 1. The number of halogens is 6. The molecule has 0 spiro atoms. The van der Waals surface area contributed by atoms with Crippen molar-refractivity contribution in [3.8, 4) is 0 Å². The molecule has 20 heavy (non-hydrogen) atoms. The van der Waals surface area contributed by atoms with Gasteiger partial charge in [-0.1, -0.05) is 13.8 Å². The van der Waals surface area contributed by atoms with Crippen LogP contribution < -0.4 is 5.32 Å². The Hall–Kier alpha value is -0.500. The van der Waals surface area contributed by atoms with Gasteiger partial charge in [-0.15, -0.1) is 0 Å². The molecule has 0 bridgehead atoms. The first kappa shape index (κ1) is 19.5. The van der Waals surface area contributed by atoms with Crippen LogP contribution in [0.5, 0.6) is 0 Å². The second kappa shape index (κ2) is 8.07. The molecule has 2 unspecified atom stereocenters. The molecule has 0 aliphatic carbocycles. The van der Waals surface area contributed by atoms with E-state index < -0.39 is 30.2 Å². The number of alkyl halides is 6. The second-order valence-corrected chi connectivity index (χ2v) is 4.80. The van der Waals surface area contributed by atoms with E-state index in [1.54, 1.807) is 6.92 Å². The van der Waals surface area contributed by atoms with Crippen molar-refractivity contribution in [2.24, 2.45) is 11.8 Å². The molecule has 0 aromatic rings. The maximum Gasteiger partial charge on any atom is 0.402 e. The van der Waals surface area contributed by atoms with Crippen molar-refractivity contribution in [1.82, 2.24) is 5.32 Å². The average molecular weight is 309 g/mol. The van der Waals surface area contributed by atoms with Gasteiger partial charge in [-0.3, -0.25) is 0 Å². The Morgan fingerprint density at radius 3 is 1.90 bits per heavy atom. The maximum absolute atomic E-state index is 12.8. The van der Waals surface area contributed by atoms with E-state index in [2.05, 4.69) is 5.32 Å². The molecule has 0 fully saturated rings. The van der Waals surface area contributed by atoms with E-state index in [9.17, 15) is 26.3 Å². The van der Waals surface area contributed by atoms with Crippen LogP contribution in [0.15, 0.2) is 0 Å². The number of methoxy groups -OCH3 is 1. The number of hydrogen-bond donors (Lipinski definition) is 1. The molecule has 0 aliphatic heterocycles. The standard InChI is InChI=1S/C12H21F6NO/c1-4-6-19-9(8(2)5-7-20-3)10(11(13,14)15)12(16,17)18/h8-10,19H,4-7H2,1-3H3. The molecule has 1 N–H and O–H groups in total. The van der Waals surface area contributed by atoms with Crippen molar-refractivity contribution < 1.29 is 31.1 Å². The van der Waals surface area contributed by atoms with Crippen LogP contribution in [-0.2, 0) is 4.74 Å². The Balaban J connectivity index is 5.21. The molecule has 0 aromatic carbocycles. The van der Waals surface area contributed by atoms with Crippen LogP contribution in [-0.4, -0.2) is 38.7 Å². The fourth-order valence-electron chi connectivity index (χ4n) is 2.03. The second-order valence-electron chi connectivity index (χ2n) is 4.80. The van der Waals surface area contributed by atoms with Gasteiger partial charge in [0.15, 0.2) is 5.92 Å². The summed E-state index contributed by atoms with van der Waals surface area (Å²) >= 11 is 0. The number of hydrogen-bond acceptors (Lipinski definition) is 2. The quantitative estimate of drug-likeness (QED) is 0.689. The third-order valence-corrected chi connectivity index (χ3v) is 3.08. The summed E-state index contributed by atoms with van der Waals surface area (Å²) in [6, 6.07) is -1.70. The Labute approximate surface area is 114 Å². The zero-order chi connectivity index (χ0) is 16.0. The maximum atomic E-state index is 12.8. The summed E-state index contributed by atoms with van der Waals surface area (Å²) in [4.78, 5) is 0. The van der Waals surface area contributed by atoms with Crippen LogP contribution in [0.4, 0.5) is 26.3 Å². The summed E-state index contributed by atoms with van der Waals surface area (Å²) in [5, 5.41) is 2.40. The summed E-state index contributed by atoms with van der Waals surface area (Å²) in [7, 11) is 1.35. The Bertz CT molecular complexity index is 252. The number of ether oxygens (including phenoxy) is 1. The predicted octanol–water partition coefficient (Wildman–Crippen LogP) is 3.77. The van der Waals surface area contributed by atoms with E-state index in [0.29, 0.717) is 6.42 Å². The molecule has 0 aromatic heterocycles. The van der Waals surface area contributed by atoms with Crippen molar-refractivity contribution in [2.75, 3.05) is 20.3 Å². The van der Waals surface area contributed by atoms with E-state index in [0.717, 1.165) is 0 Å². The van der Waals surface area contributed by atoms with Gasteiger partial charge in [-0.2, -0.15) is 26.3 Å². The van der Waals surface area contributed by atoms with E-state index in [4.69, 9.17) is 4.74 Å². The lowest BCUT2D eigenvalue weighted by molar-refractivity contribution is -0.295. The Kier molecular flexibility index (Phi) is 7.87. The Morgan fingerprint density at radius 2 is 1.55 bits per heavy atom. The molecule has 0 saturated heterocycles. The lowest BCUT2D eigenvalue weighted by Gasteiger charge is -2.35. The Morgan fingerprint density at radius 1 is 1.05 bits per heavy atom. The smallest absolute Gasteiger partial charge is 0.385 e. The first-order chi connectivity index (χ1) is 9.05. The minimum Gasteiger partial charge on any atom is -0.385 e. The fourth-order valence-corrected chi connectivity index (χ4v) is 2.03. The van der Waals surface area contributed by atoms with Gasteiger partial charge in [0.2, 0.25) is 0 Å². The molecule has 0 aliphatic rings. The molecule has 0 radical (unpaired) electrons. The highest BCUT2D eigenvalue weighted by Crippen LogP contribution is 2.43. The van der Waals surface area contributed by atoms with Crippen molar-refractivity contribution in [2.45, 2.75) is 45.1 Å². The van der Waals surface area contributed by atoms with Crippen molar-refractivity contribution in [3.05, 3.63) is 0 Å². The molecular formula is C12H21F6NO. The van der Waals surface area contributed by atoms with Crippen LogP contribution in [0.3, 0.4) is 0 Å². The van der Waals surface area contributed by atoms with E-state index in [1.807, 2.05) is 0 Å². The first-order valence-corrected chi connectivity index (χ1v) is 6.41. The van der Waals surface area contributed by atoms with Gasteiger partial charge in [0.25, 0.3) is 0 Å². The van der Waals surface area contributed by atoms with Gasteiger partial charge in [0.1, 0.15) is 0 Å². The molecule has 2 nitrogen and oxygen atoms in total. The van der Waals surface area contributed by atoms with Gasteiger partial charge in [0, 0.05) is 19.8 Å². The minimum absolute atomic E-state index is 0.102. The van der Waals surface area contributed by atoms with Gasteiger partial charge >= 0.3 is 12.4 Å². The topological polar surface area (TPSA) is 21.3 Å². The zero-order valence-electron chi connectivity index (χ0n) is 11.7. The highest BCUT2D eigenvalue weighted by atomic mass is 19.4. The molecule has 0 heterocycles. The van der Waals surface area contributed by atoms with Crippen molar-refractivity contribution in [3.63, 3.8) is 0 Å². The summed E-state index contributed by atoms with van der Waals surface area (Å²) < 4.78 is 81.4. The fraction of sp³-hybridized carbons (Fsp3) is 1.00. The molecule has 122 valence electrons. The normalized spacial score (nSPS) is 16.5. The summed E-state index contributed by atoms with van der Waals surface area (Å²) in [6.07, 6.45) is -10.1. The van der Waals surface area contributed by atoms with Crippen LogP contribution in [0.25, 0.3) is 0 Å². The van der Waals surface area contributed by atoms with Crippen molar-refractivity contribution in [1.29, 1.82) is 0 Å². The average Bonchev–Trinajstić information content (AvgIpc) is 2.27. The van der Waals surface area contributed by atoms with Gasteiger partial charge in [-0.25, -0.2) is 0 Å². The summed E-state index contributed by atoms with van der Waals surface area (Å²) in [6.45, 7) is 3.27. The van der Waals surface area contributed by atoms with E-state index >= 15 is 0 Å². The SMILES string of the molecule is CCCNC(C(C)CCOC)C(C(F)(F)F)C(F)(F)F. The number of rotatable bonds is 8. The molecule has 0 rings (SSSR count). The third kappa shape index (κ3) is 6.30. The van der Waals surface area contributed by atoms with Crippen molar-refractivity contribution >= 4 is 0 Å². The van der Waals surface area contributed by atoms with Crippen LogP contribution in [0.1, 0.15) is 26.7 Å². The minimum atomic E-state index is -5.33. The monoisotopic (exact) mass is 309 g/mol. The molecule has 0 amide bonds. The van der Waals surface area contributed by atoms with Gasteiger partial charge in [0.05, 0.1) is 0 Å². The van der Waals surface area contributed by atoms with Gasteiger partial charge < -0.3 is 10.1 Å². The summed E-state index contributed by atoms with van der Waals surface area (Å²) in [5.74, 6) is -4.18. The zero-order valence-corrected chi connectivity index (χ0v) is 11.7. The van der Waals surface area contributed by atoms with E-state index in [-0.39, 0.29) is 19.6 Å². The largest absolute Gasteiger partial charge is 0.402 e. The first-order valence-electron chi connectivity index (χ1n) is 6.41.